The average molecular weight is 873 g/mol. The quantitative estimate of drug-likeness (QED) is 0.335. The van der Waals surface area contributed by atoms with Crippen molar-refractivity contribution in [2.24, 2.45) is 16.2 Å². The number of nitrogens with one attached hydrogen (secondary N) is 1. The summed E-state index contributed by atoms with van der Waals surface area (Å²) >= 11 is 0. The summed E-state index contributed by atoms with van der Waals surface area (Å²) in [5, 5.41) is 9.96. The fourth-order valence-corrected chi connectivity index (χ4v) is 9.03. The minimum absolute atomic E-state index is 0.0422. The van der Waals surface area contributed by atoms with E-state index >= 15 is 0 Å². The maximum Gasteiger partial charge on any atom is 0.410 e. The number of aliphatic hydroxyl groups is 1. The summed E-state index contributed by atoms with van der Waals surface area (Å²) in [5.41, 5.74) is -1.92. The monoisotopic (exact) mass is 873 g/mol. The molecule has 6 aliphatic rings. The molecule has 3 amide bonds. The number of nitrogens with zero attached hydrogens (tertiary/aromatic N) is 3. The molecule has 3 atom stereocenters. The predicted molar refractivity (Wildman–Crippen MR) is 227 cm³/mol. The third-order valence-electron chi connectivity index (χ3n) is 12.0. The summed E-state index contributed by atoms with van der Waals surface area (Å²) in [4.78, 5) is 53.0. The van der Waals surface area contributed by atoms with Gasteiger partial charge in [0.15, 0.2) is 5.78 Å². The number of ketones is 1. The van der Waals surface area contributed by atoms with E-state index < -0.39 is 33.9 Å². The predicted octanol–water partition coefficient (Wildman–Crippen LogP) is 5.45. The Bertz CT molecular complexity index is 1510. The topological polar surface area (TPSA) is 183 Å². The Kier molecular flexibility index (Phi) is 16.2. The highest BCUT2D eigenvalue weighted by molar-refractivity contribution is 7.84. The Labute approximate surface area is 361 Å². The van der Waals surface area contributed by atoms with E-state index in [1.165, 1.54) is 0 Å². The van der Waals surface area contributed by atoms with Crippen LogP contribution in [0.25, 0.3) is 0 Å². The van der Waals surface area contributed by atoms with Crippen LogP contribution in [-0.2, 0) is 44.2 Å². The second-order valence-corrected chi connectivity index (χ2v) is 23.4. The van der Waals surface area contributed by atoms with Crippen molar-refractivity contribution in [1.82, 2.24) is 19.4 Å². The first-order chi connectivity index (χ1) is 27.6. The van der Waals surface area contributed by atoms with Crippen LogP contribution in [0.2, 0.25) is 0 Å². The van der Waals surface area contributed by atoms with Gasteiger partial charge < -0.3 is 48.2 Å². The van der Waals surface area contributed by atoms with Gasteiger partial charge in [-0.15, -0.1) is 0 Å². The summed E-state index contributed by atoms with van der Waals surface area (Å²) in [6.45, 7) is 29.4. The molecule has 16 nitrogen and oxygen atoms in total. The van der Waals surface area contributed by atoms with Crippen LogP contribution in [0.3, 0.4) is 0 Å². The zero-order chi connectivity index (χ0) is 45.0. The van der Waals surface area contributed by atoms with Crippen molar-refractivity contribution in [3.63, 3.8) is 0 Å². The summed E-state index contributed by atoms with van der Waals surface area (Å²) in [7, 11) is -1.12. The molecule has 0 radical (unpaired) electrons. The molecule has 6 rings (SSSR count). The average Bonchev–Trinajstić information content (AvgIpc) is 3.79. The number of hydrogen-bond acceptors (Lipinski definition) is 12. The van der Waals surface area contributed by atoms with Crippen molar-refractivity contribution in [3.8, 4) is 0 Å². The van der Waals surface area contributed by atoms with Gasteiger partial charge >= 0.3 is 18.3 Å². The number of piperidine rings is 3. The standard InChI is InChI=1S/C17H32N2O4S.C13H23NO4.C13H21NO4/c1-15(2,3)23-14(20)19-9-7-17(8-10-19)12-22-11-13(17)18-24(21)16(4,5)6;2*1-12(2,3)18-11(16)14-6-4-13(5-7-14)9-17-8-10(13)15/h13,18H,7-12H2,1-6H3;10,15H,4-9H2,1-3H3;4-9H2,1-3H3/t13-,24-;;/m1../s1. The number of hydrogen-bond donors (Lipinski definition) is 2. The molecule has 0 aromatic heterocycles. The van der Waals surface area contributed by atoms with Crippen LogP contribution in [0.15, 0.2) is 0 Å². The Morgan fingerprint density at radius 1 is 0.617 bits per heavy atom. The fourth-order valence-electron chi connectivity index (χ4n) is 8.10. The van der Waals surface area contributed by atoms with Gasteiger partial charge in [-0.25, -0.2) is 23.3 Å². The summed E-state index contributed by atoms with van der Waals surface area (Å²) < 4.78 is 47.8. The molecule has 6 aliphatic heterocycles. The van der Waals surface area contributed by atoms with Gasteiger partial charge in [-0.3, -0.25) is 4.79 Å². The number of carbonyl (C=O) groups excluding carboxylic acids is 4. The van der Waals surface area contributed by atoms with Crippen molar-refractivity contribution in [2.75, 3.05) is 78.9 Å². The van der Waals surface area contributed by atoms with Gasteiger partial charge in [0, 0.05) is 50.1 Å². The van der Waals surface area contributed by atoms with E-state index in [4.69, 9.17) is 28.4 Å². The lowest BCUT2D eigenvalue weighted by Crippen LogP contribution is -2.54. The van der Waals surface area contributed by atoms with E-state index in [-0.39, 0.29) is 57.7 Å². The van der Waals surface area contributed by atoms with Crippen molar-refractivity contribution in [1.29, 1.82) is 0 Å². The van der Waals surface area contributed by atoms with Crippen molar-refractivity contribution in [3.05, 3.63) is 0 Å². The van der Waals surface area contributed by atoms with Crippen LogP contribution in [0, 0.1) is 16.2 Å². The van der Waals surface area contributed by atoms with E-state index in [0.717, 1.165) is 25.7 Å². The minimum atomic E-state index is -1.12. The van der Waals surface area contributed by atoms with Gasteiger partial charge in [-0.05, 0) is 122 Å². The smallest absolute Gasteiger partial charge is 0.410 e. The molecule has 346 valence electrons. The number of carbonyl (C=O) groups is 4. The van der Waals surface area contributed by atoms with Gasteiger partial charge in [0.25, 0.3) is 0 Å². The van der Waals surface area contributed by atoms with Crippen LogP contribution in [0.1, 0.15) is 122 Å². The van der Waals surface area contributed by atoms with Crippen LogP contribution in [0.4, 0.5) is 14.4 Å². The number of ether oxygens (including phenoxy) is 6. The molecule has 3 spiro atoms. The van der Waals surface area contributed by atoms with E-state index in [1.54, 1.807) is 14.7 Å². The Balaban J connectivity index is 0.000000201. The lowest BCUT2D eigenvalue weighted by molar-refractivity contribution is -0.126. The molecule has 6 heterocycles. The molecule has 0 saturated carbocycles. The maximum absolute atomic E-state index is 12.4. The third kappa shape index (κ3) is 13.7. The normalized spacial score (nSPS) is 25.6. The number of aliphatic hydroxyl groups excluding tert-OH is 1. The zero-order valence-corrected chi connectivity index (χ0v) is 39.4. The van der Waals surface area contributed by atoms with E-state index in [2.05, 4.69) is 4.72 Å². The first kappa shape index (κ1) is 50.1. The fraction of sp³-hybridized carbons (Fsp3) is 0.907. The second kappa shape index (κ2) is 19.4. The minimum Gasteiger partial charge on any atom is -0.444 e. The molecule has 2 N–H and O–H groups in total. The molecular weight excluding hydrogens is 797 g/mol. The van der Waals surface area contributed by atoms with Gasteiger partial charge in [-0.2, -0.15) is 0 Å². The van der Waals surface area contributed by atoms with Crippen molar-refractivity contribution in [2.45, 2.75) is 155 Å². The lowest BCUT2D eigenvalue weighted by atomic mass is 9.75. The second-order valence-electron chi connectivity index (χ2n) is 21.4. The maximum atomic E-state index is 12.4. The van der Waals surface area contributed by atoms with Gasteiger partial charge in [0.1, 0.15) is 23.4 Å². The van der Waals surface area contributed by atoms with Gasteiger partial charge in [-0.1, -0.05) is 0 Å². The summed E-state index contributed by atoms with van der Waals surface area (Å²) in [6.07, 6.45) is 3.43. The molecule has 60 heavy (non-hydrogen) atoms. The highest BCUT2D eigenvalue weighted by Gasteiger charge is 2.49. The van der Waals surface area contributed by atoms with Crippen LogP contribution in [0.5, 0.6) is 0 Å². The molecule has 1 unspecified atom stereocenters. The summed E-state index contributed by atoms with van der Waals surface area (Å²) in [5.74, 6) is 0.186. The van der Waals surface area contributed by atoms with Crippen LogP contribution >= 0.6 is 0 Å². The van der Waals surface area contributed by atoms with E-state index in [9.17, 15) is 28.5 Å². The van der Waals surface area contributed by atoms with E-state index in [0.29, 0.717) is 85.1 Å². The molecule has 17 heteroatoms. The molecule has 0 aromatic rings. The molecule has 6 saturated heterocycles. The van der Waals surface area contributed by atoms with Gasteiger partial charge in [0.05, 0.1) is 66.3 Å². The van der Waals surface area contributed by atoms with Crippen molar-refractivity contribution >= 4 is 35.0 Å². The number of amides is 3. The first-order valence-electron chi connectivity index (χ1n) is 21.6. The van der Waals surface area contributed by atoms with Crippen LogP contribution in [-0.4, -0.2) is 161 Å². The number of rotatable bonds is 2. The van der Waals surface area contributed by atoms with Crippen molar-refractivity contribution < 1.29 is 56.9 Å². The first-order valence-corrected chi connectivity index (χ1v) is 22.8. The highest BCUT2D eigenvalue weighted by atomic mass is 32.2. The third-order valence-corrected chi connectivity index (χ3v) is 13.6. The van der Waals surface area contributed by atoms with Gasteiger partial charge in [0.2, 0.25) is 0 Å². The summed E-state index contributed by atoms with van der Waals surface area (Å²) in [6, 6.07) is 0.0679. The number of Topliss-reactive ketones (excluding diaryl/α,β-unsaturated/α-hetero) is 1. The highest BCUT2D eigenvalue weighted by Crippen LogP contribution is 2.41. The molecular formula is C43H76N4O12S. The lowest BCUT2D eigenvalue weighted by Gasteiger charge is -2.42. The molecule has 0 aliphatic carbocycles. The SMILES string of the molecule is CC(C)(C)OC(=O)N1CCC2(CC1)COCC2=O.CC(C)(C)OC(=O)N1CCC2(CC1)COCC2O.CC(C)(C)OC(=O)N1CCC2(CC1)COC[C@H]2N[S@](=O)C(C)(C)C. The van der Waals surface area contributed by atoms with Crippen LogP contribution < -0.4 is 4.72 Å². The number of likely N-dealkylation sites (tertiary alicyclic amines) is 3. The van der Waals surface area contributed by atoms with E-state index in [1.807, 2.05) is 83.1 Å². The molecule has 6 fully saturated rings. The Morgan fingerprint density at radius 2 is 1.00 bits per heavy atom. The Morgan fingerprint density at radius 3 is 1.35 bits per heavy atom. The molecule has 0 bridgehead atoms. The largest absolute Gasteiger partial charge is 0.444 e. The molecule has 0 aromatic carbocycles. The zero-order valence-electron chi connectivity index (χ0n) is 38.6. The Hall–Kier alpha value is -2.57.